The minimum Gasteiger partial charge on any atom is -0.492 e. The third-order valence-corrected chi connectivity index (χ3v) is 1.95. The van der Waals surface area contributed by atoms with Crippen LogP contribution in [0, 0.1) is 0 Å². The van der Waals surface area contributed by atoms with Gasteiger partial charge >= 0.3 is 0 Å². The fourth-order valence-corrected chi connectivity index (χ4v) is 1.36. The van der Waals surface area contributed by atoms with Crippen LogP contribution in [0.2, 0.25) is 0 Å². The molecule has 0 fully saturated rings. The maximum absolute atomic E-state index is 5.42. The van der Waals surface area contributed by atoms with E-state index in [0.29, 0.717) is 6.61 Å². The van der Waals surface area contributed by atoms with E-state index < -0.39 is 0 Å². The van der Waals surface area contributed by atoms with Gasteiger partial charge in [-0.2, -0.15) is 5.10 Å². The van der Waals surface area contributed by atoms with Crippen molar-refractivity contribution in [1.82, 2.24) is 0 Å². The number of rotatable bonds is 0. The van der Waals surface area contributed by atoms with Gasteiger partial charge in [0.2, 0.25) is 0 Å². The molecule has 62 valence electrons. The van der Waals surface area contributed by atoms with Gasteiger partial charge in [0.15, 0.2) is 0 Å². The summed E-state index contributed by atoms with van der Waals surface area (Å²) in [6.07, 6.45) is 0.799. The largest absolute Gasteiger partial charge is 0.492 e. The van der Waals surface area contributed by atoms with Gasteiger partial charge in [-0.15, -0.1) is 0 Å². The Balaban J connectivity index is 2.51. The molecule has 0 bridgehead atoms. The van der Waals surface area contributed by atoms with Crippen molar-refractivity contribution in [1.29, 1.82) is 0 Å². The first kappa shape index (κ1) is 7.16. The number of nitrogens with two attached hydrogens (primary N) is 1. The van der Waals surface area contributed by atoms with Crippen LogP contribution < -0.4 is 10.6 Å². The lowest BCUT2D eigenvalue weighted by molar-refractivity contribution is 0.320. The fourth-order valence-electron chi connectivity index (χ4n) is 1.36. The van der Waals surface area contributed by atoms with Gasteiger partial charge in [0.05, 0.1) is 12.3 Å². The van der Waals surface area contributed by atoms with Crippen LogP contribution in [0.4, 0.5) is 0 Å². The quantitative estimate of drug-likeness (QED) is 0.459. The highest BCUT2D eigenvalue weighted by Gasteiger charge is 2.14. The van der Waals surface area contributed by atoms with Crippen molar-refractivity contribution >= 4 is 5.71 Å². The molecule has 0 aliphatic carbocycles. The molecule has 0 saturated carbocycles. The molecule has 1 aromatic carbocycles. The number of para-hydroxylation sites is 1. The van der Waals surface area contributed by atoms with Crippen molar-refractivity contribution in [3.05, 3.63) is 29.8 Å². The zero-order valence-corrected chi connectivity index (χ0v) is 6.66. The van der Waals surface area contributed by atoms with Crippen molar-refractivity contribution in [2.45, 2.75) is 6.42 Å². The second-order valence-corrected chi connectivity index (χ2v) is 2.67. The molecule has 0 unspecified atom stereocenters. The highest BCUT2D eigenvalue weighted by molar-refractivity contribution is 6.03. The van der Waals surface area contributed by atoms with Gasteiger partial charge in [-0.25, -0.2) is 0 Å². The molecule has 0 amide bonds. The Hall–Kier alpha value is -1.51. The number of fused-ring (bicyclic) bond motifs is 1. The number of ether oxygens (including phenoxy) is 1. The first-order valence-electron chi connectivity index (χ1n) is 3.91. The van der Waals surface area contributed by atoms with Gasteiger partial charge < -0.3 is 10.6 Å². The van der Waals surface area contributed by atoms with Crippen LogP contribution in [0.3, 0.4) is 0 Å². The Bertz CT molecular complexity index is 320. The average molecular weight is 162 g/mol. The molecule has 1 aromatic rings. The molecule has 0 saturated heterocycles. The van der Waals surface area contributed by atoms with Crippen LogP contribution in [0.1, 0.15) is 12.0 Å². The fraction of sp³-hybridized carbons (Fsp3) is 0.222. The van der Waals surface area contributed by atoms with Crippen molar-refractivity contribution in [3.8, 4) is 5.75 Å². The maximum atomic E-state index is 5.42. The Labute approximate surface area is 70.8 Å². The highest BCUT2D eigenvalue weighted by Crippen LogP contribution is 2.23. The molecule has 0 atom stereocenters. The molecular formula is C9H10N2O. The molecule has 1 aliphatic heterocycles. The second-order valence-electron chi connectivity index (χ2n) is 2.67. The van der Waals surface area contributed by atoms with Crippen LogP contribution in [-0.4, -0.2) is 12.3 Å². The summed E-state index contributed by atoms with van der Waals surface area (Å²) in [5.74, 6) is 6.13. The normalized spacial score (nSPS) is 18.5. The van der Waals surface area contributed by atoms with E-state index in [4.69, 9.17) is 10.6 Å². The Morgan fingerprint density at radius 3 is 3.00 bits per heavy atom. The van der Waals surface area contributed by atoms with Crippen LogP contribution in [-0.2, 0) is 0 Å². The first-order chi connectivity index (χ1) is 5.92. The maximum Gasteiger partial charge on any atom is 0.128 e. The number of nitrogens with zero attached hydrogens (tertiary/aromatic N) is 1. The van der Waals surface area contributed by atoms with Crippen LogP contribution in [0.5, 0.6) is 5.75 Å². The van der Waals surface area contributed by atoms with Crippen LogP contribution >= 0.6 is 0 Å². The Morgan fingerprint density at radius 2 is 2.17 bits per heavy atom. The van der Waals surface area contributed by atoms with Crippen molar-refractivity contribution in [3.63, 3.8) is 0 Å². The van der Waals surface area contributed by atoms with E-state index in [9.17, 15) is 0 Å². The smallest absolute Gasteiger partial charge is 0.128 e. The summed E-state index contributed by atoms with van der Waals surface area (Å²) >= 11 is 0. The van der Waals surface area contributed by atoms with E-state index in [1.807, 2.05) is 24.3 Å². The van der Waals surface area contributed by atoms with E-state index in [-0.39, 0.29) is 0 Å². The highest BCUT2D eigenvalue weighted by atomic mass is 16.5. The van der Waals surface area contributed by atoms with Crippen molar-refractivity contribution in [2.24, 2.45) is 10.9 Å². The summed E-state index contributed by atoms with van der Waals surface area (Å²) in [5, 5.41) is 3.73. The number of hydrazone groups is 1. The van der Waals surface area contributed by atoms with Gasteiger partial charge in [0, 0.05) is 12.0 Å². The minimum atomic E-state index is 0.674. The summed E-state index contributed by atoms with van der Waals surface area (Å²) in [6.45, 7) is 0.674. The summed E-state index contributed by atoms with van der Waals surface area (Å²) in [4.78, 5) is 0. The lowest BCUT2D eigenvalue weighted by Gasteiger charge is -2.17. The molecule has 2 N–H and O–H groups in total. The monoisotopic (exact) mass is 162 g/mol. The average Bonchev–Trinajstić information content (AvgIpc) is 2.17. The number of benzene rings is 1. The van der Waals surface area contributed by atoms with Gasteiger partial charge in [-0.1, -0.05) is 12.1 Å². The third kappa shape index (κ3) is 1.03. The zero-order chi connectivity index (χ0) is 8.39. The van der Waals surface area contributed by atoms with Crippen molar-refractivity contribution < 1.29 is 4.74 Å². The van der Waals surface area contributed by atoms with Crippen molar-refractivity contribution in [2.75, 3.05) is 6.61 Å². The SMILES string of the molecule is NN=C1CCOc2ccccc21. The van der Waals surface area contributed by atoms with Crippen LogP contribution in [0.25, 0.3) is 0 Å². The first-order valence-corrected chi connectivity index (χ1v) is 3.91. The number of hydrogen-bond donors (Lipinski definition) is 1. The summed E-state index contributed by atoms with van der Waals surface area (Å²) in [5.41, 5.74) is 1.95. The zero-order valence-electron chi connectivity index (χ0n) is 6.66. The van der Waals surface area contributed by atoms with Crippen LogP contribution in [0.15, 0.2) is 29.4 Å². The molecule has 3 heteroatoms. The van der Waals surface area contributed by atoms with E-state index in [2.05, 4.69) is 5.10 Å². The summed E-state index contributed by atoms with van der Waals surface area (Å²) in [6, 6.07) is 7.80. The van der Waals surface area contributed by atoms with E-state index in [1.54, 1.807) is 0 Å². The molecule has 3 nitrogen and oxygen atoms in total. The molecular weight excluding hydrogens is 152 g/mol. The standard InChI is InChI=1S/C9H10N2O/c10-11-8-5-6-12-9-4-2-1-3-7(8)9/h1-4H,5-6,10H2. The molecule has 1 aliphatic rings. The topological polar surface area (TPSA) is 47.6 Å². The molecule has 0 radical (unpaired) electrons. The third-order valence-electron chi connectivity index (χ3n) is 1.95. The van der Waals surface area contributed by atoms with Gasteiger partial charge in [0.1, 0.15) is 5.75 Å². The van der Waals surface area contributed by atoms with E-state index in [1.165, 1.54) is 0 Å². The number of hydrogen-bond acceptors (Lipinski definition) is 3. The predicted octanol–water partition coefficient (Wildman–Crippen LogP) is 1.13. The Kier molecular flexibility index (Phi) is 1.70. The lowest BCUT2D eigenvalue weighted by Crippen LogP contribution is -2.17. The van der Waals surface area contributed by atoms with Gasteiger partial charge in [-0.05, 0) is 12.1 Å². The molecule has 0 aromatic heterocycles. The minimum absolute atomic E-state index is 0.674. The van der Waals surface area contributed by atoms with E-state index in [0.717, 1.165) is 23.4 Å². The molecule has 1 heterocycles. The van der Waals surface area contributed by atoms with E-state index >= 15 is 0 Å². The molecule has 2 rings (SSSR count). The molecule has 12 heavy (non-hydrogen) atoms. The molecule has 0 spiro atoms. The summed E-state index contributed by atoms with van der Waals surface area (Å²) in [7, 11) is 0. The predicted molar refractivity (Wildman–Crippen MR) is 47.3 cm³/mol. The lowest BCUT2D eigenvalue weighted by atomic mass is 10.0. The van der Waals surface area contributed by atoms with Gasteiger partial charge in [0.25, 0.3) is 0 Å². The summed E-state index contributed by atoms with van der Waals surface area (Å²) < 4.78 is 5.42. The second kappa shape index (κ2) is 2.85. The van der Waals surface area contributed by atoms with Gasteiger partial charge in [-0.3, -0.25) is 0 Å². The Morgan fingerprint density at radius 1 is 1.33 bits per heavy atom.